The Bertz CT molecular complexity index is 860. The number of rotatable bonds is 2. The van der Waals surface area contributed by atoms with Crippen LogP contribution in [0.25, 0.3) is 23.0 Å². The zero-order valence-corrected chi connectivity index (χ0v) is 12.2. The highest BCUT2D eigenvalue weighted by atomic mass is 16.3. The minimum atomic E-state index is 0.329. The van der Waals surface area contributed by atoms with E-state index in [2.05, 4.69) is 30.3 Å². The molecule has 0 saturated carbocycles. The van der Waals surface area contributed by atoms with E-state index in [-0.39, 0.29) is 0 Å². The second-order valence-electron chi connectivity index (χ2n) is 5.61. The molecule has 0 atom stereocenters. The molecule has 1 nitrogen and oxygen atoms in total. The average Bonchev–Trinajstić information content (AvgIpc) is 2.94. The van der Waals surface area contributed by atoms with Crippen LogP contribution in [0.1, 0.15) is 22.3 Å². The summed E-state index contributed by atoms with van der Waals surface area (Å²) in [5.74, 6) is 0.329. The molecule has 0 fully saturated rings. The van der Waals surface area contributed by atoms with Crippen LogP contribution in [-0.2, 0) is 6.42 Å². The number of fused-ring (bicyclic) bond motifs is 3. The standard InChI is InChI=1S/C21H16O/c22-21(13-15-7-2-1-3-8-15)19-12-6-11-18-17-10-5-4-9-16(17)14-20(18)19/h1-13,22H,14H2. The van der Waals surface area contributed by atoms with Crippen LogP contribution in [0.5, 0.6) is 0 Å². The van der Waals surface area contributed by atoms with Crippen molar-refractivity contribution in [2.24, 2.45) is 0 Å². The minimum absolute atomic E-state index is 0.329. The maximum absolute atomic E-state index is 10.6. The predicted molar refractivity (Wildman–Crippen MR) is 91.6 cm³/mol. The molecule has 0 aliphatic heterocycles. The summed E-state index contributed by atoms with van der Waals surface area (Å²) in [5.41, 5.74) is 7.00. The molecule has 0 aromatic heterocycles. The molecule has 1 N–H and O–H groups in total. The number of aliphatic hydroxyl groups excluding tert-OH is 1. The monoisotopic (exact) mass is 284 g/mol. The maximum Gasteiger partial charge on any atom is 0.123 e. The number of aliphatic hydroxyl groups is 1. The lowest BCUT2D eigenvalue weighted by Crippen LogP contribution is -1.92. The Balaban J connectivity index is 1.81. The molecule has 0 heterocycles. The number of benzene rings is 3. The largest absolute Gasteiger partial charge is 0.507 e. The molecule has 0 unspecified atom stereocenters. The van der Waals surface area contributed by atoms with Crippen LogP contribution in [0.15, 0.2) is 72.8 Å². The van der Waals surface area contributed by atoms with Gasteiger partial charge in [-0.3, -0.25) is 0 Å². The summed E-state index contributed by atoms with van der Waals surface area (Å²) in [6.07, 6.45) is 2.72. The normalized spacial score (nSPS) is 12.8. The summed E-state index contributed by atoms with van der Waals surface area (Å²) in [4.78, 5) is 0. The van der Waals surface area contributed by atoms with Gasteiger partial charge in [0.25, 0.3) is 0 Å². The van der Waals surface area contributed by atoms with Gasteiger partial charge in [-0.15, -0.1) is 0 Å². The van der Waals surface area contributed by atoms with Crippen LogP contribution in [0.2, 0.25) is 0 Å². The van der Waals surface area contributed by atoms with Crippen molar-refractivity contribution in [1.82, 2.24) is 0 Å². The fourth-order valence-electron chi connectivity index (χ4n) is 3.18. The summed E-state index contributed by atoms with van der Waals surface area (Å²) in [7, 11) is 0. The summed E-state index contributed by atoms with van der Waals surface area (Å²) < 4.78 is 0. The molecule has 0 saturated heterocycles. The quantitative estimate of drug-likeness (QED) is 0.390. The molecule has 22 heavy (non-hydrogen) atoms. The topological polar surface area (TPSA) is 20.2 Å². The second kappa shape index (κ2) is 5.19. The van der Waals surface area contributed by atoms with Crippen molar-refractivity contribution in [2.75, 3.05) is 0 Å². The van der Waals surface area contributed by atoms with Crippen molar-refractivity contribution >= 4 is 11.8 Å². The molecule has 3 aromatic carbocycles. The van der Waals surface area contributed by atoms with E-state index in [0.29, 0.717) is 5.76 Å². The van der Waals surface area contributed by atoms with E-state index in [4.69, 9.17) is 0 Å². The van der Waals surface area contributed by atoms with Crippen LogP contribution in [0.3, 0.4) is 0 Å². The number of hydrogen-bond donors (Lipinski definition) is 1. The van der Waals surface area contributed by atoms with Gasteiger partial charge in [0.2, 0.25) is 0 Å². The lowest BCUT2D eigenvalue weighted by Gasteiger charge is -2.08. The first kappa shape index (κ1) is 12.9. The van der Waals surface area contributed by atoms with Crippen LogP contribution >= 0.6 is 0 Å². The highest BCUT2D eigenvalue weighted by Crippen LogP contribution is 2.39. The van der Waals surface area contributed by atoms with E-state index in [0.717, 1.165) is 17.5 Å². The fraction of sp³-hybridized carbons (Fsp3) is 0.0476. The van der Waals surface area contributed by atoms with E-state index in [1.807, 2.05) is 48.5 Å². The van der Waals surface area contributed by atoms with Crippen LogP contribution in [-0.4, -0.2) is 5.11 Å². The van der Waals surface area contributed by atoms with E-state index in [9.17, 15) is 5.11 Å². The Morgan fingerprint density at radius 1 is 0.773 bits per heavy atom. The van der Waals surface area contributed by atoms with Crippen LogP contribution in [0, 0.1) is 0 Å². The highest BCUT2D eigenvalue weighted by Gasteiger charge is 2.21. The summed E-state index contributed by atoms with van der Waals surface area (Å²) in [5, 5.41) is 10.6. The Morgan fingerprint density at radius 2 is 1.50 bits per heavy atom. The maximum atomic E-state index is 10.6. The molecule has 0 spiro atoms. The minimum Gasteiger partial charge on any atom is -0.507 e. The SMILES string of the molecule is OC(=Cc1ccccc1)c1cccc2c1Cc1ccccc1-2. The number of hydrogen-bond acceptors (Lipinski definition) is 1. The van der Waals surface area contributed by atoms with E-state index < -0.39 is 0 Å². The Labute approximate surface area is 130 Å². The lowest BCUT2D eigenvalue weighted by molar-refractivity contribution is 0.515. The van der Waals surface area contributed by atoms with Gasteiger partial charge >= 0.3 is 0 Å². The average molecular weight is 284 g/mol. The predicted octanol–water partition coefficient (Wildman–Crippen LogP) is 5.31. The van der Waals surface area contributed by atoms with Crippen molar-refractivity contribution < 1.29 is 5.11 Å². The van der Waals surface area contributed by atoms with Gasteiger partial charge in [-0.2, -0.15) is 0 Å². The molecule has 0 amide bonds. The van der Waals surface area contributed by atoms with Crippen molar-refractivity contribution in [3.05, 3.63) is 95.1 Å². The lowest BCUT2D eigenvalue weighted by atomic mass is 9.99. The van der Waals surface area contributed by atoms with Gasteiger partial charge in [0.15, 0.2) is 0 Å². The highest BCUT2D eigenvalue weighted by molar-refractivity contribution is 5.85. The molecular weight excluding hydrogens is 268 g/mol. The smallest absolute Gasteiger partial charge is 0.123 e. The summed E-state index contributed by atoms with van der Waals surface area (Å²) >= 11 is 0. The first-order valence-electron chi connectivity index (χ1n) is 7.49. The van der Waals surface area contributed by atoms with Crippen molar-refractivity contribution in [2.45, 2.75) is 6.42 Å². The van der Waals surface area contributed by atoms with Gasteiger partial charge in [0, 0.05) is 5.56 Å². The third-order valence-corrected chi connectivity index (χ3v) is 4.23. The molecule has 3 aromatic rings. The second-order valence-corrected chi connectivity index (χ2v) is 5.61. The van der Waals surface area contributed by atoms with Crippen LogP contribution < -0.4 is 0 Å². The van der Waals surface area contributed by atoms with Gasteiger partial charge in [0.1, 0.15) is 5.76 Å². The summed E-state index contributed by atoms with van der Waals surface area (Å²) in [6.45, 7) is 0. The van der Waals surface area contributed by atoms with Gasteiger partial charge in [-0.1, -0.05) is 72.8 Å². The van der Waals surface area contributed by atoms with Crippen molar-refractivity contribution in [3.63, 3.8) is 0 Å². The first-order valence-corrected chi connectivity index (χ1v) is 7.49. The van der Waals surface area contributed by atoms with Gasteiger partial charge in [-0.25, -0.2) is 0 Å². The van der Waals surface area contributed by atoms with Crippen LogP contribution in [0.4, 0.5) is 0 Å². The van der Waals surface area contributed by atoms with E-state index in [1.165, 1.54) is 22.3 Å². The molecular formula is C21H16O. The first-order chi connectivity index (χ1) is 10.8. The molecule has 1 aliphatic carbocycles. The zero-order valence-electron chi connectivity index (χ0n) is 12.2. The zero-order chi connectivity index (χ0) is 14.9. The van der Waals surface area contributed by atoms with Crippen molar-refractivity contribution in [3.8, 4) is 11.1 Å². The summed E-state index contributed by atoms with van der Waals surface area (Å²) in [6, 6.07) is 24.5. The Morgan fingerprint density at radius 3 is 2.36 bits per heavy atom. The van der Waals surface area contributed by atoms with E-state index in [1.54, 1.807) is 0 Å². The fourth-order valence-corrected chi connectivity index (χ4v) is 3.18. The third-order valence-electron chi connectivity index (χ3n) is 4.23. The third kappa shape index (κ3) is 2.11. The van der Waals surface area contributed by atoms with Crippen molar-refractivity contribution in [1.29, 1.82) is 0 Å². The van der Waals surface area contributed by atoms with Gasteiger partial charge in [-0.05, 0) is 40.3 Å². The molecule has 0 bridgehead atoms. The van der Waals surface area contributed by atoms with E-state index >= 15 is 0 Å². The Hall–Kier alpha value is -2.80. The Kier molecular flexibility index (Phi) is 3.05. The molecule has 106 valence electrons. The van der Waals surface area contributed by atoms with Gasteiger partial charge in [0.05, 0.1) is 0 Å². The molecule has 1 aliphatic rings. The van der Waals surface area contributed by atoms with Gasteiger partial charge < -0.3 is 5.11 Å². The molecule has 0 radical (unpaired) electrons. The molecule has 1 heteroatoms. The molecule has 4 rings (SSSR count).